The smallest absolute Gasteiger partial charge is 0.226 e. The average molecular weight is 337 g/mol. The maximum absolute atomic E-state index is 10.3. The zero-order valence-corrected chi connectivity index (χ0v) is 12.9. The van der Waals surface area contributed by atoms with Gasteiger partial charge in [0, 0.05) is 5.70 Å². The minimum Gasteiger partial charge on any atom is -0.394 e. The van der Waals surface area contributed by atoms with Crippen molar-refractivity contribution in [2.24, 2.45) is 0 Å². The van der Waals surface area contributed by atoms with Gasteiger partial charge >= 0.3 is 0 Å². The topological polar surface area (TPSA) is 164 Å². The molecule has 130 valence electrons. The van der Waals surface area contributed by atoms with E-state index in [2.05, 4.69) is 32.4 Å². The first-order valence-electron chi connectivity index (χ1n) is 7.22. The molecule has 1 fully saturated rings. The van der Waals surface area contributed by atoms with Crippen LogP contribution in [0.4, 0.5) is 11.8 Å². The zero-order chi connectivity index (χ0) is 17.4. The summed E-state index contributed by atoms with van der Waals surface area (Å²) in [4.78, 5) is 12.3. The van der Waals surface area contributed by atoms with Crippen molar-refractivity contribution >= 4 is 22.9 Å². The third-order valence-corrected chi connectivity index (χ3v) is 3.66. The van der Waals surface area contributed by atoms with Crippen molar-refractivity contribution < 1.29 is 20.1 Å². The Balaban J connectivity index is 2.09. The van der Waals surface area contributed by atoms with E-state index in [1.807, 2.05) is 0 Å². The van der Waals surface area contributed by atoms with Crippen LogP contribution in [-0.4, -0.2) is 59.8 Å². The quantitative estimate of drug-likeness (QED) is 0.353. The summed E-state index contributed by atoms with van der Waals surface area (Å²) in [5, 5.41) is 29.5. The molecule has 0 saturated carbocycles. The normalized spacial score (nSPS) is 26.7. The van der Waals surface area contributed by atoms with Gasteiger partial charge in [-0.3, -0.25) is 9.99 Å². The fourth-order valence-electron chi connectivity index (χ4n) is 2.51. The molecule has 0 aromatic carbocycles. The number of anilines is 2. The predicted molar refractivity (Wildman–Crippen MR) is 84.3 cm³/mol. The minimum atomic E-state index is -1.29. The highest BCUT2D eigenvalue weighted by Crippen LogP contribution is 2.34. The number of aliphatic hydroxyl groups is 3. The van der Waals surface area contributed by atoms with Gasteiger partial charge in [0.05, 0.1) is 6.61 Å². The third-order valence-electron chi connectivity index (χ3n) is 3.66. The summed E-state index contributed by atoms with van der Waals surface area (Å²) < 4.78 is 6.99. The number of aliphatic hydroxyl groups excluding tert-OH is 3. The van der Waals surface area contributed by atoms with Crippen molar-refractivity contribution in [2.75, 3.05) is 17.8 Å². The van der Waals surface area contributed by atoms with Crippen LogP contribution in [-0.2, 0) is 4.74 Å². The molecule has 0 amide bonds. The lowest BCUT2D eigenvalue weighted by Gasteiger charge is -2.20. The Labute approximate surface area is 136 Å². The van der Waals surface area contributed by atoms with Gasteiger partial charge in [-0.25, -0.2) is 15.0 Å². The van der Waals surface area contributed by atoms with E-state index in [0.29, 0.717) is 16.9 Å². The standard InChI is InChI=1S/C13H19N7O4/c1-5(2)18-19-13-17-7-10(14)15-4-16-11(7)20(13)12-9(23)8(22)6(3-21)24-12/h4,6,8-9,12,18,21-23H,1,3H2,2H3,(H,17,19)(H2,14,15,16)/t6-,8-,9-,12-/m0/s1. The number of hydrazine groups is 1. The molecule has 1 aliphatic heterocycles. The van der Waals surface area contributed by atoms with Crippen LogP contribution >= 0.6 is 0 Å². The molecule has 0 spiro atoms. The second-order valence-electron chi connectivity index (χ2n) is 5.50. The van der Waals surface area contributed by atoms with Crippen LogP contribution in [0.1, 0.15) is 13.2 Å². The summed E-state index contributed by atoms with van der Waals surface area (Å²) in [6, 6.07) is 0. The van der Waals surface area contributed by atoms with Gasteiger partial charge in [-0.2, -0.15) is 0 Å². The fraction of sp³-hybridized carbons (Fsp3) is 0.462. The monoisotopic (exact) mass is 337 g/mol. The highest BCUT2D eigenvalue weighted by atomic mass is 16.6. The maximum atomic E-state index is 10.3. The Morgan fingerprint density at radius 1 is 1.42 bits per heavy atom. The zero-order valence-electron chi connectivity index (χ0n) is 12.9. The van der Waals surface area contributed by atoms with Crippen molar-refractivity contribution in [1.82, 2.24) is 24.9 Å². The van der Waals surface area contributed by atoms with E-state index >= 15 is 0 Å². The molecule has 0 radical (unpaired) electrons. The van der Waals surface area contributed by atoms with Gasteiger partial charge in [0.2, 0.25) is 5.95 Å². The van der Waals surface area contributed by atoms with Gasteiger partial charge in [0.1, 0.15) is 24.6 Å². The molecule has 1 aliphatic rings. The van der Waals surface area contributed by atoms with E-state index in [1.165, 1.54) is 10.9 Å². The van der Waals surface area contributed by atoms with E-state index in [4.69, 9.17) is 10.5 Å². The number of rotatable bonds is 5. The van der Waals surface area contributed by atoms with Crippen LogP contribution < -0.4 is 16.6 Å². The van der Waals surface area contributed by atoms with Crippen LogP contribution in [0, 0.1) is 0 Å². The number of allylic oxidation sites excluding steroid dienone is 1. The molecule has 0 bridgehead atoms. The first-order chi connectivity index (χ1) is 11.4. The molecule has 3 rings (SSSR count). The largest absolute Gasteiger partial charge is 0.394 e. The Kier molecular flexibility index (Phi) is 4.24. The predicted octanol–water partition coefficient (Wildman–Crippen LogP) is -1.53. The lowest BCUT2D eigenvalue weighted by Crippen LogP contribution is -2.33. The number of hydrogen-bond donors (Lipinski definition) is 6. The van der Waals surface area contributed by atoms with Crippen molar-refractivity contribution in [2.45, 2.75) is 31.5 Å². The summed E-state index contributed by atoms with van der Waals surface area (Å²) >= 11 is 0. The van der Waals surface area contributed by atoms with Gasteiger partial charge in [-0.05, 0) is 6.92 Å². The van der Waals surface area contributed by atoms with Crippen LogP contribution in [0.5, 0.6) is 0 Å². The second kappa shape index (κ2) is 6.20. The number of nitrogen functional groups attached to an aromatic ring is 1. The molecular weight excluding hydrogens is 318 g/mol. The number of aromatic nitrogens is 4. The van der Waals surface area contributed by atoms with E-state index in [-0.39, 0.29) is 11.8 Å². The Morgan fingerprint density at radius 3 is 2.79 bits per heavy atom. The van der Waals surface area contributed by atoms with Crippen molar-refractivity contribution in [3.05, 3.63) is 18.6 Å². The van der Waals surface area contributed by atoms with Crippen LogP contribution in [0.3, 0.4) is 0 Å². The average Bonchev–Trinajstić information content (AvgIpc) is 3.05. The maximum Gasteiger partial charge on any atom is 0.226 e. The van der Waals surface area contributed by atoms with Gasteiger partial charge in [0.15, 0.2) is 23.2 Å². The van der Waals surface area contributed by atoms with E-state index < -0.39 is 31.1 Å². The summed E-state index contributed by atoms with van der Waals surface area (Å²) in [6.07, 6.45) is -3.23. The van der Waals surface area contributed by atoms with E-state index in [0.717, 1.165) is 0 Å². The van der Waals surface area contributed by atoms with Gasteiger partial charge in [-0.1, -0.05) is 6.58 Å². The number of ether oxygens (including phenoxy) is 1. The number of fused-ring (bicyclic) bond motifs is 1. The van der Waals surface area contributed by atoms with Crippen LogP contribution in [0.2, 0.25) is 0 Å². The Bertz CT molecular complexity index is 764. The molecule has 11 nitrogen and oxygen atoms in total. The fourth-order valence-corrected chi connectivity index (χ4v) is 2.51. The molecule has 1 saturated heterocycles. The molecule has 2 aromatic rings. The lowest BCUT2D eigenvalue weighted by molar-refractivity contribution is -0.0501. The molecule has 0 aliphatic carbocycles. The Morgan fingerprint density at radius 2 is 2.17 bits per heavy atom. The van der Waals surface area contributed by atoms with Gasteiger partial charge in [-0.15, -0.1) is 0 Å². The molecule has 0 unspecified atom stereocenters. The lowest BCUT2D eigenvalue weighted by atomic mass is 10.1. The number of nitrogens with one attached hydrogen (secondary N) is 2. The molecular formula is C13H19N7O4. The second-order valence-corrected chi connectivity index (χ2v) is 5.50. The minimum absolute atomic E-state index is 0.156. The molecule has 24 heavy (non-hydrogen) atoms. The van der Waals surface area contributed by atoms with Crippen LogP contribution in [0.25, 0.3) is 11.2 Å². The Hall–Kier alpha value is -2.47. The third kappa shape index (κ3) is 2.63. The van der Waals surface area contributed by atoms with Crippen molar-refractivity contribution in [3.8, 4) is 0 Å². The SMILES string of the molecule is C=C(C)NNc1nc2c(N)ncnc2n1[C@H]1O[C@@H](CO)[C@H](O)[C@@H]1O. The summed E-state index contributed by atoms with van der Waals surface area (Å²) in [7, 11) is 0. The van der Waals surface area contributed by atoms with E-state index in [9.17, 15) is 15.3 Å². The first kappa shape index (κ1) is 16.4. The van der Waals surface area contributed by atoms with Gasteiger partial charge in [0.25, 0.3) is 0 Å². The summed E-state index contributed by atoms with van der Waals surface area (Å²) in [5.41, 5.74) is 12.7. The van der Waals surface area contributed by atoms with Crippen LogP contribution in [0.15, 0.2) is 18.6 Å². The number of imidazole rings is 1. The molecule has 11 heteroatoms. The number of hydrogen-bond acceptors (Lipinski definition) is 10. The summed E-state index contributed by atoms with van der Waals surface area (Å²) in [5.74, 6) is 0.388. The highest BCUT2D eigenvalue weighted by molar-refractivity contribution is 5.84. The highest BCUT2D eigenvalue weighted by Gasteiger charge is 2.45. The number of nitrogens with two attached hydrogens (primary N) is 1. The van der Waals surface area contributed by atoms with Crippen molar-refractivity contribution in [3.63, 3.8) is 0 Å². The summed E-state index contributed by atoms with van der Waals surface area (Å²) in [6.45, 7) is 5.00. The molecule has 4 atom stereocenters. The van der Waals surface area contributed by atoms with Gasteiger partial charge < -0.3 is 31.2 Å². The van der Waals surface area contributed by atoms with E-state index in [1.54, 1.807) is 6.92 Å². The molecule has 7 N–H and O–H groups in total. The number of nitrogens with zero attached hydrogens (tertiary/aromatic N) is 4. The molecule has 2 aromatic heterocycles. The molecule has 3 heterocycles. The van der Waals surface area contributed by atoms with Crippen molar-refractivity contribution in [1.29, 1.82) is 0 Å². The first-order valence-corrected chi connectivity index (χ1v) is 7.22.